The number of hydrogen-bond donors (Lipinski definition) is 1. The van der Waals surface area contributed by atoms with E-state index in [1.54, 1.807) is 14.2 Å². The fraction of sp³-hybridized carbons (Fsp3) is 0.309. The number of rotatable bonds is 13. The number of hydrazone groups is 1. The number of ether oxygens (including phenoxy) is 4. The minimum Gasteiger partial charge on any atom is -0.533 e. The van der Waals surface area contributed by atoms with Crippen molar-refractivity contribution in [2.45, 2.75) is 89.4 Å². The van der Waals surface area contributed by atoms with Gasteiger partial charge in [-0.15, -0.1) is 0 Å². The first-order valence-corrected chi connectivity index (χ1v) is 28.9. The molecule has 69 heavy (non-hydrogen) atoms. The van der Waals surface area contributed by atoms with Crippen molar-refractivity contribution in [1.29, 1.82) is 0 Å². The number of benzene rings is 6. The SMILES string of the molecule is COc1c2c(c(OC)c3c(O[Si](c4ccccc4)(c4ccccc4)C(C)(C)C)cccc13)/C(=N/NS(C)(=O)=O)C1=C2[C@H](O[Si](c2ccccc2)(c2ccccc2)C(C)(C)C)[C@@H]2O[C@]2(C)[C@@H]1OC(C)=O. The molecular weight excluding hydrogens is 921 g/mol. The zero-order valence-electron chi connectivity index (χ0n) is 41.0. The number of fused-ring (bicyclic) bond motifs is 4. The molecule has 6 aromatic rings. The lowest BCUT2D eigenvalue weighted by Gasteiger charge is -2.46. The summed E-state index contributed by atoms with van der Waals surface area (Å²) in [6, 6.07) is 47.3. The first-order chi connectivity index (χ1) is 32.7. The van der Waals surface area contributed by atoms with E-state index in [1.165, 1.54) is 6.92 Å². The maximum atomic E-state index is 13.3. The van der Waals surface area contributed by atoms with Crippen LogP contribution in [0.5, 0.6) is 17.2 Å². The largest absolute Gasteiger partial charge is 0.533 e. The highest BCUT2D eigenvalue weighted by Crippen LogP contribution is 2.62. The Morgan fingerprint density at radius 2 is 1.14 bits per heavy atom. The van der Waals surface area contributed by atoms with Gasteiger partial charge in [-0.05, 0) is 43.8 Å². The Balaban J connectivity index is 1.39. The number of carbonyl (C=O) groups excluding carboxylic acids is 1. The zero-order chi connectivity index (χ0) is 49.3. The van der Waals surface area contributed by atoms with Gasteiger partial charge in [0.1, 0.15) is 40.8 Å². The number of methoxy groups -OCH3 is 2. The van der Waals surface area contributed by atoms with Gasteiger partial charge in [-0.25, -0.2) is 13.2 Å². The van der Waals surface area contributed by atoms with Crippen LogP contribution in [0.25, 0.3) is 16.3 Å². The van der Waals surface area contributed by atoms with Crippen molar-refractivity contribution in [2.24, 2.45) is 5.10 Å². The van der Waals surface area contributed by atoms with Crippen molar-refractivity contribution in [2.75, 3.05) is 20.5 Å². The molecule has 1 heterocycles. The molecule has 9 rings (SSSR count). The quantitative estimate of drug-likeness (QED) is 0.0532. The molecule has 2 aliphatic carbocycles. The normalized spacial score (nSPS) is 20.7. The maximum absolute atomic E-state index is 13.3. The minimum atomic E-state index is -3.95. The first kappa shape index (κ1) is 48.0. The lowest BCUT2D eigenvalue weighted by molar-refractivity contribution is -0.147. The third-order valence-electron chi connectivity index (χ3n) is 13.9. The van der Waals surface area contributed by atoms with E-state index in [4.69, 9.17) is 32.9 Å². The first-order valence-electron chi connectivity index (χ1n) is 23.2. The van der Waals surface area contributed by atoms with Gasteiger partial charge in [0.15, 0.2) is 6.10 Å². The second-order valence-corrected chi connectivity index (χ2v) is 30.5. The molecule has 1 fully saturated rings. The van der Waals surface area contributed by atoms with Gasteiger partial charge in [-0.2, -0.15) is 5.10 Å². The van der Waals surface area contributed by atoms with Gasteiger partial charge in [-0.1, -0.05) is 175 Å². The van der Waals surface area contributed by atoms with Crippen molar-refractivity contribution in [3.05, 3.63) is 156 Å². The van der Waals surface area contributed by atoms with Crippen molar-refractivity contribution >= 4 is 75.4 Å². The van der Waals surface area contributed by atoms with Crippen LogP contribution in [0.1, 0.15) is 66.5 Å². The van der Waals surface area contributed by atoms with E-state index in [-0.39, 0.29) is 5.71 Å². The van der Waals surface area contributed by atoms with Crippen LogP contribution >= 0.6 is 0 Å². The van der Waals surface area contributed by atoms with Gasteiger partial charge >= 0.3 is 14.3 Å². The molecule has 0 radical (unpaired) electrons. The number of sulfonamides is 1. The van der Waals surface area contributed by atoms with Crippen LogP contribution < -0.4 is 39.5 Å². The summed E-state index contributed by atoms with van der Waals surface area (Å²) < 4.78 is 68.5. The molecule has 0 bridgehead atoms. The van der Waals surface area contributed by atoms with E-state index in [2.05, 4.69) is 94.9 Å². The summed E-state index contributed by atoms with van der Waals surface area (Å²) in [7, 11) is -7.38. The van der Waals surface area contributed by atoms with E-state index in [1.807, 2.05) is 97.9 Å². The highest BCUT2D eigenvalue weighted by molar-refractivity contribution is 7.88. The molecule has 3 aliphatic rings. The van der Waals surface area contributed by atoms with Gasteiger partial charge in [0, 0.05) is 29.0 Å². The molecule has 4 atom stereocenters. The lowest BCUT2D eigenvalue weighted by Crippen LogP contribution is -2.68. The van der Waals surface area contributed by atoms with Gasteiger partial charge in [-0.3, -0.25) is 4.79 Å². The summed E-state index contributed by atoms with van der Waals surface area (Å²) in [4.78, 5) is 15.7. The molecule has 358 valence electrons. The third-order valence-corrected chi connectivity index (χ3v) is 24.3. The number of hydrogen-bond acceptors (Lipinski definition) is 10. The van der Waals surface area contributed by atoms with Crippen molar-refractivity contribution < 1.29 is 41.0 Å². The highest BCUT2D eigenvalue weighted by Gasteiger charge is 2.72. The van der Waals surface area contributed by atoms with Gasteiger partial charge < -0.3 is 27.8 Å². The van der Waals surface area contributed by atoms with Gasteiger partial charge in [0.05, 0.1) is 31.4 Å². The molecule has 0 saturated carbocycles. The monoisotopic (exact) mass is 980 g/mol. The van der Waals surface area contributed by atoms with Crippen LogP contribution in [0.2, 0.25) is 10.1 Å². The number of carbonyl (C=O) groups is 1. The predicted octanol–water partition coefficient (Wildman–Crippen LogP) is 7.86. The molecule has 6 aromatic carbocycles. The number of nitrogens with one attached hydrogen (secondary N) is 1. The molecule has 0 amide bonds. The van der Waals surface area contributed by atoms with Crippen molar-refractivity contribution in [1.82, 2.24) is 4.83 Å². The van der Waals surface area contributed by atoms with Crippen LogP contribution in [-0.2, 0) is 28.7 Å². The molecule has 0 spiro atoms. The summed E-state index contributed by atoms with van der Waals surface area (Å²) >= 11 is 0. The molecule has 14 heteroatoms. The smallest absolute Gasteiger partial charge is 0.319 e. The Labute approximate surface area is 407 Å². The fourth-order valence-electron chi connectivity index (χ4n) is 11.0. The fourth-order valence-corrected chi connectivity index (χ4v) is 20.4. The van der Waals surface area contributed by atoms with Crippen LogP contribution in [-0.4, -0.2) is 81.1 Å². The minimum absolute atomic E-state index is 0.181. The maximum Gasteiger partial charge on any atom is 0.319 e. The second-order valence-electron chi connectivity index (χ2n) is 20.3. The van der Waals surface area contributed by atoms with E-state index >= 15 is 0 Å². The second kappa shape index (κ2) is 17.4. The molecule has 11 nitrogen and oxygen atoms in total. The van der Waals surface area contributed by atoms with Crippen LogP contribution in [0, 0.1) is 0 Å². The van der Waals surface area contributed by atoms with Crippen LogP contribution in [0.3, 0.4) is 0 Å². The average molecular weight is 981 g/mol. The number of esters is 1. The average Bonchev–Trinajstić information content (AvgIpc) is 3.92. The van der Waals surface area contributed by atoms with Crippen LogP contribution in [0.4, 0.5) is 0 Å². The summed E-state index contributed by atoms with van der Waals surface area (Å²) in [6.45, 7) is 16.5. The van der Waals surface area contributed by atoms with E-state index in [0.29, 0.717) is 50.3 Å². The van der Waals surface area contributed by atoms with E-state index in [0.717, 1.165) is 27.0 Å². The molecule has 0 unspecified atom stereocenters. The summed E-state index contributed by atoms with van der Waals surface area (Å²) in [6.07, 6.45) is -1.45. The number of nitrogens with zero attached hydrogens (tertiary/aromatic N) is 1. The van der Waals surface area contributed by atoms with Crippen molar-refractivity contribution in [3.8, 4) is 17.2 Å². The molecule has 0 aromatic heterocycles. The molecule has 1 saturated heterocycles. The highest BCUT2D eigenvalue weighted by atomic mass is 32.2. The molecule has 1 aliphatic heterocycles. The number of epoxide rings is 1. The Bertz CT molecular complexity index is 3040. The standard InChI is InChI=1S/C55H60N2O9SSi2/c1-35(58)63-51-46-44(50(52-55(51,8)64-52)66-69(54(5,6)7,38-29-20-14-21-30-38)39-31-22-15-23-32-39)43-45(47(46)56-57-67(11,59)60)49(62-10)42-40(48(43)61-9)33-24-34-41(42)65-68(53(2,3)4,36-25-16-12-17-26-36)37-27-18-13-19-28-37/h12-34,50-52,57H,1-11H3/b56-47-/t50-,51+,52-,55+/m0/s1. The van der Waals surface area contributed by atoms with E-state index < -0.39 is 66.6 Å². The summed E-state index contributed by atoms with van der Waals surface area (Å²) in [5.41, 5.74) is 1.10. The summed E-state index contributed by atoms with van der Waals surface area (Å²) in [5, 5.41) is 9.40. The Morgan fingerprint density at radius 3 is 1.58 bits per heavy atom. The van der Waals surface area contributed by atoms with Crippen LogP contribution in [0.15, 0.2) is 150 Å². The van der Waals surface area contributed by atoms with Crippen molar-refractivity contribution in [3.63, 3.8) is 0 Å². The topological polar surface area (TPSA) is 134 Å². The predicted molar refractivity (Wildman–Crippen MR) is 278 cm³/mol. The third kappa shape index (κ3) is 7.80. The lowest BCUT2D eigenvalue weighted by atomic mass is 9.80. The molecular formula is C55H60N2O9SSi2. The van der Waals surface area contributed by atoms with E-state index in [9.17, 15) is 13.2 Å². The van der Waals surface area contributed by atoms with Gasteiger partial charge in [0.2, 0.25) is 10.0 Å². The Hall–Kier alpha value is -6.04. The zero-order valence-corrected chi connectivity index (χ0v) is 43.9. The Kier molecular flexibility index (Phi) is 12.1. The Morgan fingerprint density at radius 1 is 0.667 bits per heavy atom. The van der Waals surface area contributed by atoms with Gasteiger partial charge in [0.25, 0.3) is 8.32 Å². The molecule has 1 N–H and O–H groups in total. The summed E-state index contributed by atoms with van der Waals surface area (Å²) in [5.74, 6) is 0.802.